The molecule has 68 valence electrons. The van der Waals surface area contributed by atoms with E-state index in [0.717, 1.165) is 11.1 Å². The van der Waals surface area contributed by atoms with Gasteiger partial charge in [0.25, 0.3) is 0 Å². The molecule has 0 aliphatic rings. The van der Waals surface area contributed by atoms with Crippen LogP contribution < -0.4 is 0 Å². The van der Waals surface area contributed by atoms with Gasteiger partial charge < -0.3 is 9.51 Å². The van der Waals surface area contributed by atoms with Crippen LogP contribution in [-0.4, -0.2) is 9.51 Å². The summed E-state index contributed by atoms with van der Waals surface area (Å²) >= 11 is 0. The number of pyridine rings is 1. The molecule has 2 rings (SSSR count). The van der Waals surface area contributed by atoms with Crippen LogP contribution in [0.5, 0.6) is 5.75 Å². The molecule has 13 heavy (non-hydrogen) atoms. The third-order valence-corrected chi connectivity index (χ3v) is 2.29. The van der Waals surface area contributed by atoms with Crippen molar-refractivity contribution in [3.8, 4) is 5.75 Å². The zero-order valence-corrected chi connectivity index (χ0v) is 7.86. The fourth-order valence-corrected chi connectivity index (χ4v) is 1.55. The summed E-state index contributed by atoms with van der Waals surface area (Å²) in [5, 5.41) is 9.68. The lowest BCUT2D eigenvalue weighted by Gasteiger charge is -2.08. The summed E-state index contributed by atoms with van der Waals surface area (Å²) in [6.45, 7) is 4.16. The van der Waals surface area contributed by atoms with Crippen molar-refractivity contribution in [2.75, 3.05) is 0 Å². The molecular formula is C11H13NO. The van der Waals surface area contributed by atoms with Crippen molar-refractivity contribution in [2.24, 2.45) is 0 Å². The number of aromatic nitrogens is 1. The van der Waals surface area contributed by atoms with Crippen LogP contribution in [0.3, 0.4) is 0 Å². The molecule has 0 saturated carbocycles. The lowest BCUT2D eigenvalue weighted by atomic mass is 10.0. The van der Waals surface area contributed by atoms with E-state index >= 15 is 0 Å². The van der Waals surface area contributed by atoms with E-state index in [1.165, 1.54) is 0 Å². The molecule has 0 aromatic carbocycles. The van der Waals surface area contributed by atoms with Gasteiger partial charge in [0, 0.05) is 17.3 Å². The smallest absolute Gasteiger partial charge is 0.135 e. The van der Waals surface area contributed by atoms with E-state index < -0.39 is 0 Å². The van der Waals surface area contributed by atoms with E-state index in [2.05, 4.69) is 13.8 Å². The van der Waals surface area contributed by atoms with Crippen LogP contribution in [0.25, 0.3) is 5.52 Å². The SMILES string of the molecule is CC(C)c1cc2cccn2cc1O. The Kier molecular flexibility index (Phi) is 1.76. The highest BCUT2D eigenvalue weighted by molar-refractivity contribution is 5.53. The average Bonchev–Trinajstić information content (AvgIpc) is 2.48. The summed E-state index contributed by atoms with van der Waals surface area (Å²) in [7, 11) is 0. The third kappa shape index (κ3) is 1.28. The van der Waals surface area contributed by atoms with E-state index in [1.54, 1.807) is 6.20 Å². The normalized spacial score (nSPS) is 11.3. The monoisotopic (exact) mass is 175 g/mol. The van der Waals surface area contributed by atoms with Gasteiger partial charge in [-0.2, -0.15) is 0 Å². The molecule has 0 saturated heterocycles. The first-order valence-electron chi connectivity index (χ1n) is 4.48. The average molecular weight is 175 g/mol. The fraction of sp³-hybridized carbons (Fsp3) is 0.273. The predicted octanol–water partition coefficient (Wildman–Crippen LogP) is 2.77. The van der Waals surface area contributed by atoms with Crippen LogP contribution in [0.15, 0.2) is 30.6 Å². The van der Waals surface area contributed by atoms with Gasteiger partial charge in [-0.1, -0.05) is 13.8 Å². The Bertz CT molecular complexity index is 429. The summed E-state index contributed by atoms with van der Waals surface area (Å²) in [6, 6.07) is 6.03. The molecule has 0 aliphatic heterocycles. The van der Waals surface area contributed by atoms with Crippen molar-refractivity contribution in [3.05, 3.63) is 36.2 Å². The predicted molar refractivity (Wildman–Crippen MR) is 53.2 cm³/mol. The van der Waals surface area contributed by atoms with E-state index in [-0.39, 0.29) is 0 Å². The Labute approximate surface area is 77.4 Å². The summed E-state index contributed by atoms with van der Waals surface area (Å²) in [4.78, 5) is 0. The number of aromatic hydroxyl groups is 1. The highest BCUT2D eigenvalue weighted by Crippen LogP contribution is 2.26. The van der Waals surface area contributed by atoms with Gasteiger partial charge in [-0.05, 0) is 24.1 Å². The second-order valence-electron chi connectivity index (χ2n) is 3.61. The van der Waals surface area contributed by atoms with E-state index in [0.29, 0.717) is 11.7 Å². The molecule has 2 heterocycles. The first-order chi connectivity index (χ1) is 6.18. The van der Waals surface area contributed by atoms with Gasteiger partial charge in [-0.3, -0.25) is 0 Å². The molecule has 0 bridgehead atoms. The van der Waals surface area contributed by atoms with Crippen molar-refractivity contribution in [1.29, 1.82) is 0 Å². The Balaban J connectivity index is 2.69. The summed E-state index contributed by atoms with van der Waals surface area (Å²) < 4.78 is 1.92. The van der Waals surface area contributed by atoms with Gasteiger partial charge in [-0.25, -0.2) is 0 Å². The van der Waals surface area contributed by atoms with Crippen LogP contribution in [0.2, 0.25) is 0 Å². The number of hydrogen-bond donors (Lipinski definition) is 1. The number of rotatable bonds is 1. The largest absolute Gasteiger partial charge is 0.506 e. The quantitative estimate of drug-likeness (QED) is 0.708. The first-order valence-corrected chi connectivity index (χ1v) is 4.48. The number of nitrogens with zero attached hydrogens (tertiary/aromatic N) is 1. The molecule has 0 radical (unpaired) electrons. The highest BCUT2D eigenvalue weighted by atomic mass is 16.3. The second-order valence-corrected chi connectivity index (χ2v) is 3.61. The minimum Gasteiger partial charge on any atom is -0.506 e. The molecule has 2 aromatic rings. The minimum absolute atomic E-state index is 0.361. The lowest BCUT2D eigenvalue weighted by Crippen LogP contribution is -1.91. The van der Waals surface area contributed by atoms with E-state index in [4.69, 9.17) is 0 Å². The van der Waals surface area contributed by atoms with Crippen LogP contribution in [0, 0.1) is 0 Å². The number of fused-ring (bicyclic) bond motifs is 1. The molecule has 0 atom stereocenters. The topological polar surface area (TPSA) is 24.6 Å². The molecule has 0 fully saturated rings. The van der Waals surface area contributed by atoms with Crippen molar-refractivity contribution < 1.29 is 5.11 Å². The van der Waals surface area contributed by atoms with E-state index in [9.17, 15) is 5.11 Å². The van der Waals surface area contributed by atoms with Crippen LogP contribution in [0.4, 0.5) is 0 Å². The van der Waals surface area contributed by atoms with Crippen molar-refractivity contribution in [3.63, 3.8) is 0 Å². The lowest BCUT2D eigenvalue weighted by molar-refractivity contribution is 0.461. The summed E-state index contributed by atoms with van der Waals surface area (Å²) in [6.07, 6.45) is 3.68. The molecule has 2 heteroatoms. The maximum atomic E-state index is 9.68. The first kappa shape index (κ1) is 8.17. The Morgan fingerprint density at radius 1 is 1.38 bits per heavy atom. The molecule has 0 spiro atoms. The Morgan fingerprint density at radius 3 is 2.85 bits per heavy atom. The van der Waals surface area contributed by atoms with Gasteiger partial charge >= 0.3 is 0 Å². The van der Waals surface area contributed by atoms with E-state index in [1.807, 2.05) is 28.8 Å². The number of hydrogen-bond acceptors (Lipinski definition) is 1. The Hall–Kier alpha value is -1.44. The van der Waals surface area contributed by atoms with Gasteiger partial charge in [0.2, 0.25) is 0 Å². The van der Waals surface area contributed by atoms with Crippen LogP contribution in [-0.2, 0) is 0 Å². The molecule has 0 amide bonds. The maximum Gasteiger partial charge on any atom is 0.135 e. The molecular weight excluding hydrogens is 162 g/mol. The third-order valence-electron chi connectivity index (χ3n) is 2.29. The second kappa shape index (κ2) is 2.80. The van der Waals surface area contributed by atoms with Gasteiger partial charge in [0.1, 0.15) is 5.75 Å². The maximum absolute atomic E-state index is 9.68. The molecule has 0 unspecified atom stereocenters. The fourth-order valence-electron chi connectivity index (χ4n) is 1.55. The van der Waals surface area contributed by atoms with Crippen LogP contribution in [0.1, 0.15) is 25.3 Å². The Morgan fingerprint density at radius 2 is 2.15 bits per heavy atom. The van der Waals surface area contributed by atoms with Crippen molar-refractivity contribution >= 4 is 5.52 Å². The molecule has 2 aromatic heterocycles. The minimum atomic E-state index is 0.361. The summed E-state index contributed by atoms with van der Waals surface area (Å²) in [5.41, 5.74) is 2.13. The standard InChI is InChI=1S/C11H13NO/c1-8(2)10-6-9-4-3-5-12(9)7-11(10)13/h3-8,13H,1-2H3. The van der Waals surface area contributed by atoms with Crippen molar-refractivity contribution in [2.45, 2.75) is 19.8 Å². The molecule has 0 aliphatic carbocycles. The van der Waals surface area contributed by atoms with Crippen LogP contribution >= 0.6 is 0 Å². The van der Waals surface area contributed by atoms with Gasteiger partial charge in [0.15, 0.2) is 0 Å². The molecule has 2 nitrogen and oxygen atoms in total. The zero-order chi connectivity index (χ0) is 9.42. The van der Waals surface area contributed by atoms with Gasteiger partial charge in [-0.15, -0.1) is 0 Å². The van der Waals surface area contributed by atoms with Gasteiger partial charge in [0.05, 0.1) is 6.20 Å². The highest BCUT2D eigenvalue weighted by Gasteiger charge is 2.06. The zero-order valence-electron chi connectivity index (χ0n) is 7.86. The van der Waals surface area contributed by atoms with Crippen molar-refractivity contribution in [1.82, 2.24) is 4.40 Å². The summed E-state index contributed by atoms with van der Waals surface area (Å²) in [5.74, 6) is 0.735. The molecule has 1 N–H and O–H groups in total.